The van der Waals surface area contributed by atoms with Crippen LogP contribution in [0.2, 0.25) is 0 Å². The van der Waals surface area contributed by atoms with Crippen LogP contribution < -0.4 is 5.73 Å². The predicted octanol–water partition coefficient (Wildman–Crippen LogP) is 3.15. The van der Waals surface area contributed by atoms with E-state index in [1.165, 1.54) is 6.07 Å². The Morgan fingerprint density at radius 1 is 1.43 bits per heavy atom. The van der Waals surface area contributed by atoms with Gasteiger partial charge < -0.3 is 5.73 Å². The number of nitrogen functional groups attached to an aromatic ring is 1. The van der Waals surface area contributed by atoms with E-state index in [1.54, 1.807) is 6.07 Å². The largest absolute Gasteiger partial charge is 0.398 e. The molecular formula is C8H5BrN2O2S. The molecule has 0 aliphatic rings. The van der Waals surface area contributed by atoms with Crippen molar-refractivity contribution in [3.8, 4) is 0 Å². The minimum atomic E-state index is -0.405. The summed E-state index contributed by atoms with van der Waals surface area (Å²) in [6, 6.07) is 5.06. The van der Waals surface area contributed by atoms with Crippen molar-refractivity contribution in [2.45, 2.75) is 0 Å². The molecule has 0 aliphatic carbocycles. The number of thiophene rings is 1. The first kappa shape index (κ1) is 9.42. The maximum atomic E-state index is 10.5. The predicted molar refractivity (Wildman–Crippen MR) is 60.6 cm³/mol. The molecule has 0 bridgehead atoms. The highest BCUT2D eigenvalue weighted by atomic mass is 79.9. The van der Waals surface area contributed by atoms with Crippen molar-refractivity contribution in [3.05, 3.63) is 32.8 Å². The van der Waals surface area contributed by atoms with Gasteiger partial charge in [0.25, 0.3) is 0 Å². The molecule has 0 unspecified atom stereocenters. The number of halogens is 1. The summed E-state index contributed by atoms with van der Waals surface area (Å²) < 4.78 is 1.66. The lowest BCUT2D eigenvalue weighted by atomic mass is 10.2. The monoisotopic (exact) mass is 272 g/mol. The number of hydrogen-bond donors (Lipinski definition) is 1. The van der Waals surface area contributed by atoms with Crippen LogP contribution in [-0.2, 0) is 0 Å². The number of hydrogen-bond acceptors (Lipinski definition) is 4. The second-order valence-electron chi connectivity index (χ2n) is 2.75. The van der Waals surface area contributed by atoms with Crippen molar-refractivity contribution in [2.75, 3.05) is 5.73 Å². The Labute approximate surface area is 91.6 Å². The summed E-state index contributed by atoms with van der Waals surface area (Å²) in [7, 11) is 0. The molecular weight excluding hydrogens is 268 g/mol. The van der Waals surface area contributed by atoms with Gasteiger partial charge in [-0.05, 0) is 12.1 Å². The topological polar surface area (TPSA) is 69.2 Å². The molecule has 0 saturated carbocycles. The molecule has 6 heteroatoms. The number of nitrogens with two attached hydrogens (primary N) is 1. The highest BCUT2D eigenvalue weighted by Crippen LogP contribution is 2.36. The van der Waals surface area contributed by atoms with Gasteiger partial charge in [-0.3, -0.25) is 10.1 Å². The molecule has 2 rings (SSSR count). The number of nitrogens with zero attached hydrogens (tertiary/aromatic N) is 1. The molecule has 0 fully saturated rings. The first-order valence-corrected chi connectivity index (χ1v) is 5.32. The fraction of sp³-hybridized carbons (Fsp3) is 0. The number of fused-ring (bicyclic) bond motifs is 1. The van der Waals surface area contributed by atoms with Crippen LogP contribution in [0.3, 0.4) is 0 Å². The van der Waals surface area contributed by atoms with Gasteiger partial charge in [0.15, 0.2) is 0 Å². The van der Waals surface area contributed by atoms with E-state index in [2.05, 4.69) is 15.9 Å². The Kier molecular flexibility index (Phi) is 2.16. The number of anilines is 1. The van der Waals surface area contributed by atoms with Gasteiger partial charge in [0, 0.05) is 26.3 Å². The molecule has 4 nitrogen and oxygen atoms in total. The lowest BCUT2D eigenvalue weighted by Crippen LogP contribution is -1.84. The molecule has 0 atom stereocenters. The van der Waals surface area contributed by atoms with Gasteiger partial charge in [-0.2, -0.15) is 0 Å². The van der Waals surface area contributed by atoms with Gasteiger partial charge in [0.2, 0.25) is 0 Å². The van der Waals surface area contributed by atoms with Gasteiger partial charge in [-0.15, -0.1) is 0 Å². The molecule has 14 heavy (non-hydrogen) atoms. The van der Waals surface area contributed by atoms with E-state index < -0.39 is 4.92 Å². The Morgan fingerprint density at radius 3 is 2.79 bits per heavy atom. The second-order valence-corrected chi connectivity index (χ2v) is 4.73. The first-order chi connectivity index (χ1) is 6.58. The van der Waals surface area contributed by atoms with Crippen LogP contribution in [0.4, 0.5) is 10.7 Å². The molecule has 72 valence electrons. The first-order valence-electron chi connectivity index (χ1n) is 3.71. The molecule has 1 aromatic heterocycles. The fourth-order valence-electron chi connectivity index (χ4n) is 1.21. The summed E-state index contributed by atoms with van der Waals surface area (Å²) in [5, 5.41) is 11.4. The van der Waals surface area contributed by atoms with Crippen LogP contribution in [0.15, 0.2) is 22.7 Å². The zero-order chi connectivity index (χ0) is 10.3. The van der Waals surface area contributed by atoms with Crippen molar-refractivity contribution in [2.24, 2.45) is 0 Å². The maximum absolute atomic E-state index is 10.5. The molecule has 0 spiro atoms. The number of nitro groups is 1. The highest BCUT2D eigenvalue weighted by Gasteiger charge is 2.13. The van der Waals surface area contributed by atoms with Gasteiger partial charge in [0.1, 0.15) is 0 Å². The van der Waals surface area contributed by atoms with Crippen LogP contribution in [-0.4, -0.2) is 4.92 Å². The Morgan fingerprint density at radius 2 is 2.14 bits per heavy atom. The normalized spacial score (nSPS) is 10.6. The van der Waals surface area contributed by atoms with Crippen molar-refractivity contribution in [3.63, 3.8) is 0 Å². The molecule has 0 amide bonds. The van der Waals surface area contributed by atoms with Crippen LogP contribution >= 0.6 is 27.3 Å². The fourth-order valence-corrected chi connectivity index (χ4v) is 2.78. The molecule has 2 aromatic rings. The van der Waals surface area contributed by atoms with E-state index in [-0.39, 0.29) is 5.00 Å². The number of benzene rings is 1. The van der Waals surface area contributed by atoms with Gasteiger partial charge in [-0.1, -0.05) is 27.3 Å². The molecule has 0 radical (unpaired) electrons. The number of rotatable bonds is 1. The van der Waals surface area contributed by atoms with Crippen LogP contribution in [0.5, 0.6) is 0 Å². The van der Waals surface area contributed by atoms with Crippen molar-refractivity contribution >= 4 is 48.0 Å². The third-order valence-corrected chi connectivity index (χ3v) is 3.29. The zero-order valence-corrected chi connectivity index (χ0v) is 9.26. The van der Waals surface area contributed by atoms with E-state index in [1.807, 2.05) is 6.07 Å². The second kappa shape index (κ2) is 3.21. The van der Waals surface area contributed by atoms with Crippen molar-refractivity contribution < 1.29 is 4.92 Å². The summed E-state index contributed by atoms with van der Waals surface area (Å²) in [5.74, 6) is 0. The van der Waals surface area contributed by atoms with E-state index >= 15 is 0 Å². The molecule has 1 aromatic carbocycles. The summed E-state index contributed by atoms with van der Waals surface area (Å²) in [6.45, 7) is 0. The quantitative estimate of drug-likeness (QED) is 0.493. The smallest absolute Gasteiger partial charge is 0.325 e. The van der Waals surface area contributed by atoms with Gasteiger partial charge in [0.05, 0.1) is 4.92 Å². The molecule has 2 N–H and O–H groups in total. The van der Waals surface area contributed by atoms with E-state index in [4.69, 9.17) is 5.73 Å². The third kappa shape index (κ3) is 1.46. The van der Waals surface area contributed by atoms with Gasteiger partial charge in [-0.25, -0.2) is 0 Å². The van der Waals surface area contributed by atoms with Crippen LogP contribution in [0, 0.1) is 10.1 Å². The SMILES string of the molecule is Nc1cc(Br)cc2sc([N+](=O)[O-])cc12. The maximum Gasteiger partial charge on any atom is 0.325 e. The Balaban J connectivity index is 2.76. The van der Waals surface area contributed by atoms with Crippen LogP contribution in [0.1, 0.15) is 0 Å². The van der Waals surface area contributed by atoms with Crippen molar-refractivity contribution in [1.82, 2.24) is 0 Å². The average Bonchev–Trinajstić information content (AvgIpc) is 2.47. The lowest BCUT2D eigenvalue weighted by Gasteiger charge is -1.95. The zero-order valence-electron chi connectivity index (χ0n) is 6.86. The van der Waals surface area contributed by atoms with Crippen molar-refractivity contribution in [1.29, 1.82) is 0 Å². The molecule has 1 heterocycles. The van der Waals surface area contributed by atoms with Gasteiger partial charge >= 0.3 is 5.00 Å². The Hall–Kier alpha value is -1.14. The van der Waals surface area contributed by atoms with Crippen LogP contribution in [0.25, 0.3) is 10.1 Å². The minimum absolute atomic E-state index is 0.116. The van der Waals surface area contributed by atoms with E-state index in [0.29, 0.717) is 5.69 Å². The minimum Gasteiger partial charge on any atom is -0.398 e. The Bertz CT molecular complexity index is 523. The third-order valence-electron chi connectivity index (χ3n) is 1.80. The summed E-state index contributed by atoms with van der Waals surface area (Å²) >= 11 is 4.41. The molecule has 0 aliphatic heterocycles. The summed E-state index contributed by atoms with van der Waals surface area (Å²) in [5.41, 5.74) is 6.28. The lowest BCUT2D eigenvalue weighted by molar-refractivity contribution is -0.380. The standard InChI is InChI=1S/C8H5BrN2O2S/c9-4-1-6(10)5-3-8(11(12)13)14-7(5)2-4/h1-3H,10H2. The summed E-state index contributed by atoms with van der Waals surface area (Å²) in [4.78, 5) is 10.1. The molecule has 0 saturated heterocycles. The summed E-state index contributed by atoms with van der Waals surface area (Å²) in [6.07, 6.45) is 0. The highest BCUT2D eigenvalue weighted by molar-refractivity contribution is 9.10. The van der Waals surface area contributed by atoms with E-state index in [0.717, 1.165) is 25.9 Å². The average molecular weight is 273 g/mol. The van der Waals surface area contributed by atoms with E-state index in [9.17, 15) is 10.1 Å².